The maximum absolute atomic E-state index is 13.2. The van der Waals surface area contributed by atoms with E-state index >= 15 is 0 Å². The van der Waals surface area contributed by atoms with Gasteiger partial charge in [-0.15, -0.1) is 0 Å². The molecule has 154 valence electrons. The molecule has 0 aromatic heterocycles. The van der Waals surface area contributed by atoms with E-state index in [4.69, 9.17) is 18.9 Å². The second-order valence-electron chi connectivity index (χ2n) is 6.61. The van der Waals surface area contributed by atoms with Crippen LogP contribution in [0.5, 0.6) is 17.2 Å². The van der Waals surface area contributed by atoms with Crippen LogP contribution in [0.4, 0.5) is 5.69 Å². The highest BCUT2D eigenvalue weighted by Gasteiger charge is 2.27. The van der Waals surface area contributed by atoms with E-state index in [1.54, 1.807) is 36.3 Å². The first kappa shape index (κ1) is 20.5. The summed E-state index contributed by atoms with van der Waals surface area (Å²) < 4.78 is 21.1. The number of fused-ring (bicyclic) bond motifs is 1. The molecule has 0 saturated heterocycles. The number of hydrogen-bond acceptors (Lipinski definition) is 6. The molecule has 1 amide bonds. The molecule has 7 heteroatoms. The van der Waals surface area contributed by atoms with Crippen molar-refractivity contribution in [2.75, 3.05) is 39.9 Å². The van der Waals surface area contributed by atoms with Crippen molar-refractivity contribution in [2.45, 2.75) is 19.3 Å². The van der Waals surface area contributed by atoms with Gasteiger partial charge in [-0.05, 0) is 36.6 Å². The van der Waals surface area contributed by atoms with E-state index in [0.29, 0.717) is 34.9 Å². The van der Waals surface area contributed by atoms with Crippen LogP contribution in [-0.2, 0) is 22.4 Å². The fourth-order valence-electron chi connectivity index (χ4n) is 3.75. The van der Waals surface area contributed by atoms with Gasteiger partial charge in [0.1, 0.15) is 0 Å². The van der Waals surface area contributed by atoms with Gasteiger partial charge in [0.05, 0.1) is 40.4 Å². The molecule has 0 bridgehead atoms. The fraction of sp³-hybridized carbons (Fsp3) is 0.364. The topological polar surface area (TPSA) is 74.3 Å². The van der Waals surface area contributed by atoms with Crippen LogP contribution >= 0.6 is 0 Å². The summed E-state index contributed by atoms with van der Waals surface area (Å²) in [5, 5.41) is 0. The molecule has 7 nitrogen and oxygen atoms in total. The predicted molar refractivity (Wildman–Crippen MR) is 108 cm³/mol. The number of carbonyl (C=O) groups excluding carboxylic acids is 2. The highest BCUT2D eigenvalue weighted by molar-refractivity contribution is 5.99. The average Bonchev–Trinajstić information content (AvgIpc) is 2.76. The van der Waals surface area contributed by atoms with Crippen LogP contribution < -0.4 is 19.1 Å². The van der Waals surface area contributed by atoms with Gasteiger partial charge in [0.25, 0.3) is 0 Å². The minimum absolute atomic E-state index is 0.0847. The van der Waals surface area contributed by atoms with E-state index in [1.165, 1.54) is 21.3 Å². The van der Waals surface area contributed by atoms with Crippen molar-refractivity contribution in [1.29, 1.82) is 0 Å². The highest BCUT2D eigenvalue weighted by atomic mass is 16.5. The zero-order valence-corrected chi connectivity index (χ0v) is 17.1. The van der Waals surface area contributed by atoms with Crippen molar-refractivity contribution in [1.82, 2.24) is 0 Å². The Morgan fingerprint density at radius 3 is 2.38 bits per heavy atom. The molecular formula is C22H25NO6. The van der Waals surface area contributed by atoms with Gasteiger partial charge < -0.3 is 23.8 Å². The lowest BCUT2D eigenvalue weighted by molar-refractivity contribution is -0.118. The van der Waals surface area contributed by atoms with Crippen LogP contribution in [-0.4, -0.2) is 46.9 Å². The SMILES string of the molecule is COC(=O)c1cccc2c1CCCN2C(=O)Cc1ccc(OC)c(OC)c1OC. The van der Waals surface area contributed by atoms with E-state index in [2.05, 4.69) is 0 Å². The Bertz CT molecular complexity index is 924. The van der Waals surface area contributed by atoms with Crippen LogP contribution in [0.3, 0.4) is 0 Å². The maximum atomic E-state index is 13.2. The van der Waals surface area contributed by atoms with Crippen LogP contribution in [0.15, 0.2) is 30.3 Å². The molecule has 3 rings (SSSR count). The average molecular weight is 399 g/mol. The summed E-state index contributed by atoms with van der Waals surface area (Å²) in [6, 6.07) is 8.92. The molecule has 0 unspecified atom stereocenters. The van der Waals surface area contributed by atoms with Gasteiger partial charge in [-0.3, -0.25) is 4.79 Å². The Hall–Kier alpha value is -3.22. The van der Waals surface area contributed by atoms with Crippen LogP contribution in [0.25, 0.3) is 0 Å². The van der Waals surface area contributed by atoms with Gasteiger partial charge in [-0.2, -0.15) is 0 Å². The zero-order valence-electron chi connectivity index (χ0n) is 17.1. The summed E-state index contributed by atoms with van der Waals surface area (Å²) in [7, 11) is 5.97. The minimum Gasteiger partial charge on any atom is -0.493 e. The molecule has 0 aliphatic carbocycles. The monoisotopic (exact) mass is 399 g/mol. The van der Waals surface area contributed by atoms with Crippen LogP contribution in [0.1, 0.15) is 27.9 Å². The summed E-state index contributed by atoms with van der Waals surface area (Å²) in [4.78, 5) is 27.0. The lowest BCUT2D eigenvalue weighted by Gasteiger charge is -2.31. The molecule has 0 N–H and O–H groups in total. The van der Waals surface area contributed by atoms with Crippen molar-refractivity contribution >= 4 is 17.6 Å². The van der Waals surface area contributed by atoms with Gasteiger partial charge in [-0.1, -0.05) is 12.1 Å². The number of benzene rings is 2. The number of methoxy groups -OCH3 is 4. The van der Waals surface area contributed by atoms with Gasteiger partial charge >= 0.3 is 5.97 Å². The van der Waals surface area contributed by atoms with Gasteiger partial charge in [0.2, 0.25) is 11.7 Å². The van der Waals surface area contributed by atoms with E-state index < -0.39 is 5.97 Å². The Morgan fingerprint density at radius 2 is 1.72 bits per heavy atom. The molecule has 0 radical (unpaired) electrons. The van der Waals surface area contributed by atoms with Crippen LogP contribution in [0, 0.1) is 0 Å². The first-order valence-electron chi connectivity index (χ1n) is 9.34. The van der Waals surface area contributed by atoms with E-state index in [9.17, 15) is 9.59 Å². The van der Waals surface area contributed by atoms with Crippen LogP contribution in [0.2, 0.25) is 0 Å². The second-order valence-corrected chi connectivity index (χ2v) is 6.61. The molecule has 29 heavy (non-hydrogen) atoms. The number of nitrogens with zero attached hydrogens (tertiary/aromatic N) is 1. The molecule has 1 aliphatic rings. The predicted octanol–water partition coefficient (Wildman–Crippen LogP) is 3.02. The van der Waals surface area contributed by atoms with Gasteiger partial charge in [0, 0.05) is 17.8 Å². The number of ether oxygens (including phenoxy) is 4. The van der Waals surface area contributed by atoms with Crippen molar-refractivity contribution in [3.05, 3.63) is 47.0 Å². The molecule has 2 aromatic carbocycles. The first-order valence-corrected chi connectivity index (χ1v) is 9.34. The molecule has 0 fully saturated rings. The number of amides is 1. The Labute approximate surface area is 170 Å². The highest BCUT2D eigenvalue weighted by Crippen LogP contribution is 2.40. The van der Waals surface area contributed by atoms with E-state index in [1.807, 2.05) is 6.07 Å². The lowest BCUT2D eigenvalue weighted by Crippen LogP contribution is -2.37. The van der Waals surface area contributed by atoms with E-state index in [0.717, 1.165) is 24.1 Å². The Morgan fingerprint density at radius 1 is 0.966 bits per heavy atom. The number of hydrogen-bond donors (Lipinski definition) is 0. The second kappa shape index (κ2) is 8.86. The minimum atomic E-state index is -0.391. The quantitative estimate of drug-likeness (QED) is 0.695. The largest absolute Gasteiger partial charge is 0.493 e. The molecule has 0 saturated carbocycles. The maximum Gasteiger partial charge on any atom is 0.338 e. The Balaban J connectivity index is 1.94. The fourth-order valence-corrected chi connectivity index (χ4v) is 3.75. The smallest absolute Gasteiger partial charge is 0.338 e. The van der Waals surface area contributed by atoms with Crippen molar-refractivity contribution < 1.29 is 28.5 Å². The molecule has 0 spiro atoms. The van der Waals surface area contributed by atoms with Crippen molar-refractivity contribution in [3.63, 3.8) is 0 Å². The first-order chi connectivity index (χ1) is 14.0. The molecule has 2 aromatic rings. The van der Waals surface area contributed by atoms with Gasteiger partial charge in [-0.25, -0.2) is 4.79 Å². The number of anilines is 1. The third kappa shape index (κ3) is 3.85. The van der Waals surface area contributed by atoms with Gasteiger partial charge in [0.15, 0.2) is 11.5 Å². The summed E-state index contributed by atoms with van der Waals surface area (Å²) in [6.07, 6.45) is 1.63. The zero-order chi connectivity index (χ0) is 21.0. The standard InChI is InChI=1S/C22H25NO6/c1-26-18-11-10-14(20(27-2)21(18)28-3)13-19(24)23-12-6-8-15-16(22(25)29-4)7-5-9-17(15)23/h5,7,9-11H,6,8,12-13H2,1-4H3. The lowest BCUT2D eigenvalue weighted by atomic mass is 9.95. The summed E-state index contributed by atoms with van der Waals surface area (Å²) >= 11 is 0. The number of rotatable bonds is 6. The summed E-state index contributed by atoms with van der Waals surface area (Å²) in [6.45, 7) is 0.589. The third-order valence-electron chi connectivity index (χ3n) is 5.08. The van der Waals surface area contributed by atoms with Crippen molar-refractivity contribution in [3.8, 4) is 17.2 Å². The number of carbonyl (C=O) groups is 2. The molecule has 1 aliphatic heterocycles. The number of esters is 1. The van der Waals surface area contributed by atoms with Crippen molar-refractivity contribution in [2.24, 2.45) is 0 Å². The third-order valence-corrected chi connectivity index (χ3v) is 5.08. The molecule has 0 atom stereocenters. The van der Waals surface area contributed by atoms with E-state index in [-0.39, 0.29) is 12.3 Å². The Kier molecular flexibility index (Phi) is 6.26. The summed E-state index contributed by atoms with van der Waals surface area (Å²) in [5.41, 5.74) is 2.81. The molecule has 1 heterocycles. The normalized spacial score (nSPS) is 12.8. The molecular weight excluding hydrogens is 374 g/mol. The summed E-state index contributed by atoms with van der Waals surface area (Å²) in [5.74, 6) is 0.982.